The van der Waals surface area contributed by atoms with Crippen molar-refractivity contribution in [2.45, 2.75) is 86.1 Å². The van der Waals surface area contributed by atoms with Gasteiger partial charge < -0.3 is 0 Å². The minimum absolute atomic E-state index is 0.140. The molecule has 0 fully saturated rings. The molecule has 19 heavy (non-hydrogen) atoms. The fraction of sp³-hybridized carbons (Fsp3) is 0.824. The number of hydrogen-bond donors (Lipinski definition) is 0. The average Bonchev–Trinajstić information content (AvgIpc) is 2.54. The van der Waals surface area contributed by atoms with Gasteiger partial charge in [0.05, 0.1) is 5.69 Å². The van der Waals surface area contributed by atoms with Gasteiger partial charge in [-0.3, -0.25) is 4.68 Å². The highest BCUT2D eigenvalue weighted by molar-refractivity contribution is 5.37. The molecule has 1 heterocycles. The third kappa shape index (κ3) is 3.61. The van der Waals surface area contributed by atoms with Gasteiger partial charge in [-0.05, 0) is 24.7 Å². The van der Waals surface area contributed by atoms with Crippen molar-refractivity contribution >= 4 is 0 Å². The van der Waals surface area contributed by atoms with Gasteiger partial charge >= 0.3 is 0 Å². The minimum Gasteiger partial charge on any atom is -0.269 e. The summed E-state index contributed by atoms with van der Waals surface area (Å²) in [6.07, 6.45) is 1.07. The van der Waals surface area contributed by atoms with E-state index in [0.717, 1.165) is 13.0 Å². The summed E-state index contributed by atoms with van der Waals surface area (Å²) in [6.45, 7) is 21.5. The summed E-state index contributed by atoms with van der Waals surface area (Å²) >= 11 is 0. The molecule has 2 nitrogen and oxygen atoms in total. The molecule has 0 aromatic carbocycles. The van der Waals surface area contributed by atoms with Crippen molar-refractivity contribution in [2.24, 2.45) is 5.92 Å². The third-order valence-corrected chi connectivity index (χ3v) is 3.39. The monoisotopic (exact) mass is 264 g/mol. The maximum atomic E-state index is 4.92. The smallest absolute Gasteiger partial charge is 0.0667 e. The van der Waals surface area contributed by atoms with E-state index in [0.29, 0.717) is 5.92 Å². The minimum atomic E-state index is 0.140. The maximum Gasteiger partial charge on any atom is 0.0667 e. The van der Waals surface area contributed by atoms with E-state index in [-0.39, 0.29) is 10.8 Å². The molecule has 0 atom stereocenters. The lowest BCUT2D eigenvalue weighted by Crippen LogP contribution is -2.25. The maximum absolute atomic E-state index is 4.92. The molecule has 1 aromatic rings. The highest BCUT2D eigenvalue weighted by Gasteiger charge is 2.32. The van der Waals surface area contributed by atoms with Crippen LogP contribution in [0.5, 0.6) is 0 Å². The molecule has 0 amide bonds. The van der Waals surface area contributed by atoms with Gasteiger partial charge in [-0.25, -0.2) is 0 Å². The first-order valence-corrected chi connectivity index (χ1v) is 7.59. The second kappa shape index (κ2) is 5.30. The Morgan fingerprint density at radius 1 is 1.00 bits per heavy atom. The largest absolute Gasteiger partial charge is 0.269 e. The zero-order chi connectivity index (χ0) is 15.0. The van der Waals surface area contributed by atoms with Crippen LogP contribution in [0.15, 0.2) is 0 Å². The molecule has 1 rings (SSSR count). The van der Waals surface area contributed by atoms with E-state index in [4.69, 9.17) is 5.10 Å². The standard InChI is InChI=1S/C17H32N2/c1-10-19-15(17(7,8)9)14(16(4,5)6)13(18-19)11-12(2)3/h12H,10-11H2,1-9H3. The predicted octanol–water partition coefficient (Wildman–Crippen LogP) is 4.70. The molecule has 0 aliphatic heterocycles. The number of nitrogens with zero attached hydrogens (tertiary/aromatic N) is 2. The summed E-state index contributed by atoms with van der Waals surface area (Å²) in [5.41, 5.74) is 4.48. The van der Waals surface area contributed by atoms with Crippen LogP contribution in [-0.2, 0) is 23.8 Å². The predicted molar refractivity (Wildman–Crippen MR) is 83.8 cm³/mol. The highest BCUT2D eigenvalue weighted by atomic mass is 15.3. The van der Waals surface area contributed by atoms with Crippen molar-refractivity contribution in [3.63, 3.8) is 0 Å². The SMILES string of the molecule is CCn1nc(CC(C)C)c(C(C)(C)C)c1C(C)(C)C. The van der Waals surface area contributed by atoms with Crippen LogP contribution in [-0.4, -0.2) is 9.78 Å². The van der Waals surface area contributed by atoms with Crippen molar-refractivity contribution in [3.05, 3.63) is 17.0 Å². The van der Waals surface area contributed by atoms with E-state index in [1.54, 1.807) is 0 Å². The molecule has 0 saturated carbocycles. The molecule has 110 valence electrons. The lowest BCUT2D eigenvalue weighted by molar-refractivity contribution is 0.474. The van der Waals surface area contributed by atoms with Gasteiger partial charge in [0.1, 0.15) is 0 Å². The number of aryl methyl sites for hydroxylation is 1. The van der Waals surface area contributed by atoms with E-state index < -0.39 is 0 Å². The first-order chi connectivity index (χ1) is 8.48. The molecule has 0 N–H and O–H groups in total. The molecule has 0 unspecified atom stereocenters. The summed E-state index contributed by atoms with van der Waals surface area (Å²) in [5, 5.41) is 4.92. The summed E-state index contributed by atoms with van der Waals surface area (Å²) < 4.78 is 2.22. The summed E-state index contributed by atoms with van der Waals surface area (Å²) in [4.78, 5) is 0. The van der Waals surface area contributed by atoms with Crippen LogP contribution in [0, 0.1) is 5.92 Å². The van der Waals surface area contributed by atoms with Crippen molar-refractivity contribution in [1.29, 1.82) is 0 Å². The van der Waals surface area contributed by atoms with Crippen molar-refractivity contribution in [3.8, 4) is 0 Å². The summed E-state index contributed by atoms with van der Waals surface area (Å²) in [5.74, 6) is 0.647. The Hall–Kier alpha value is -0.790. The Bertz CT molecular complexity index is 425. The Balaban J connectivity index is 3.55. The van der Waals surface area contributed by atoms with Gasteiger partial charge in [0.25, 0.3) is 0 Å². The van der Waals surface area contributed by atoms with Gasteiger partial charge in [-0.1, -0.05) is 55.4 Å². The molecular formula is C17H32N2. The summed E-state index contributed by atoms with van der Waals surface area (Å²) in [7, 11) is 0. The molecule has 0 aliphatic carbocycles. The Morgan fingerprint density at radius 2 is 1.53 bits per heavy atom. The van der Waals surface area contributed by atoms with Crippen LogP contribution in [0.3, 0.4) is 0 Å². The van der Waals surface area contributed by atoms with Crippen LogP contribution in [0.2, 0.25) is 0 Å². The van der Waals surface area contributed by atoms with E-state index >= 15 is 0 Å². The molecule has 0 radical (unpaired) electrons. The van der Waals surface area contributed by atoms with E-state index in [1.165, 1.54) is 17.0 Å². The fourth-order valence-corrected chi connectivity index (χ4v) is 2.82. The normalized spacial score (nSPS) is 13.4. The average molecular weight is 264 g/mol. The van der Waals surface area contributed by atoms with Gasteiger partial charge in [0.2, 0.25) is 0 Å². The lowest BCUT2D eigenvalue weighted by atomic mass is 9.77. The molecule has 1 aromatic heterocycles. The number of hydrogen-bond acceptors (Lipinski definition) is 1. The quantitative estimate of drug-likeness (QED) is 0.774. The van der Waals surface area contributed by atoms with E-state index in [9.17, 15) is 0 Å². The first-order valence-electron chi connectivity index (χ1n) is 7.59. The van der Waals surface area contributed by atoms with Crippen molar-refractivity contribution in [1.82, 2.24) is 9.78 Å². The van der Waals surface area contributed by atoms with Gasteiger partial charge in [0.15, 0.2) is 0 Å². The van der Waals surface area contributed by atoms with Crippen LogP contribution in [0.1, 0.15) is 79.3 Å². The van der Waals surface area contributed by atoms with Crippen LogP contribution < -0.4 is 0 Å². The Kier molecular flexibility index (Phi) is 4.54. The third-order valence-electron chi connectivity index (χ3n) is 3.39. The van der Waals surface area contributed by atoms with Gasteiger partial charge in [0, 0.05) is 23.2 Å². The van der Waals surface area contributed by atoms with Crippen LogP contribution in [0.25, 0.3) is 0 Å². The first kappa shape index (κ1) is 16.3. The second-order valence-corrected chi connectivity index (χ2v) is 8.08. The highest BCUT2D eigenvalue weighted by Crippen LogP contribution is 2.37. The van der Waals surface area contributed by atoms with E-state index in [1.807, 2.05) is 0 Å². The summed E-state index contributed by atoms with van der Waals surface area (Å²) in [6, 6.07) is 0. The lowest BCUT2D eigenvalue weighted by Gasteiger charge is -2.28. The van der Waals surface area contributed by atoms with Crippen LogP contribution >= 0.6 is 0 Å². The molecule has 0 spiro atoms. The topological polar surface area (TPSA) is 17.8 Å². The zero-order valence-electron chi connectivity index (χ0n) is 14.4. The fourth-order valence-electron chi connectivity index (χ4n) is 2.82. The van der Waals surface area contributed by atoms with Crippen LogP contribution in [0.4, 0.5) is 0 Å². The molecule has 0 saturated heterocycles. The van der Waals surface area contributed by atoms with Gasteiger partial charge in [-0.2, -0.15) is 5.10 Å². The van der Waals surface area contributed by atoms with Gasteiger partial charge in [-0.15, -0.1) is 0 Å². The Labute approximate surface area is 119 Å². The molecule has 0 bridgehead atoms. The van der Waals surface area contributed by atoms with Crippen molar-refractivity contribution < 1.29 is 0 Å². The number of aromatic nitrogens is 2. The van der Waals surface area contributed by atoms with Crippen molar-refractivity contribution in [2.75, 3.05) is 0 Å². The van der Waals surface area contributed by atoms with E-state index in [2.05, 4.69) is 67.0 Å². The Morgan fingerprint density at radius 3 is 1.84 bits per heavy atom. The molecular weight excluding hydrogens is 232 g/mol. The number of rotatable bonds is 3. The zero-order valence-corrected chi connectivity index (χ0v) is 14.4. The molecule has 2 heteroatoms. The second-order valence-electron chi connectivity index (χ2n) is 8.08. The molecule has 0 aliphatic rings.